The van der Waals surface area contributed by atoms with E-state index in [-0.39, 0.29) is 11.3 Å². The third kappa shape index (κ3) is 1.95. The summed E-state index contributed by atoms with van der Waals surface area (Å²) in [5.41, 5.74) is 1.33. The summed E-state index contributed by atoms with van der Waals surface area (Å²) in [5.74, 6) is -1.28. The SMILES string of the molecule is COC(=O)CC(=O)c1ccc2occ(C)c2c1O. The molecule has 5 heteroatoms. The number of aromatic hydroxyl groups is 1. The first-order valence-electron chi connectivity index (χ1n) is 5.34. The summed E-state index contributed by atoms with van der Waals surface area (Å²) >= 11 is 0. The molecule has 2 rings (SSSR count). The molecule has 0 radical (unpaired) electrons. The van der Waals surface area contributed by atoms with Crippen molar-refractivity contribution >= 4 is 22.7 Å². The molecule has 0 fully saturated rings. The minimum Gasteiger partial charge on any atom is -0.506 e. The van der Waals surface area contributed by atoms with Gasteiger partial charge >= 0.3 is 5.97 Å². The van der Waals surface area contributed by atoms with Crippen LogP contribution in [0.4, 0.5) is 0 Å². The van der Waals surface area contributed by atoms with Gasteiger partial charge in [0.05, 0.1) is 24.3 Å². The smallest absolute Gasteiger partial charge is 0.313 e. The minimum absolute atomic E-state index is 0.0948. The Morgan fingerprint density at radius 3 is 2.78 bits per heavy atom. The summed E-state index contributed by atoms with van der Waals surface area (Å²) in [6, 6.07) is 3.03. The first-order valence-corrected chi connectivity index (χ1v) is 5.34. The van der Waals surface area contributed by atoms with E-state index in [1.54, 1.807) is 13.0 Å². The zero-order chi connectivity index (χ0) is 13.3. The second kappa shape index (κ2) is 4.52. The Bertz CT molecular complexity index is 624. The standard InChI is InChI=1S/C13H12O5/c1-7-6-18-10-4-3-8(13(16)12(7)10)9(14)5-11(15)17-2/h3-4,6,16H,5H2,1-2H3. The lowest BCUT2D eigenvalue weighted by Gasteiger charge is -2.04. The van der Waals surface area contributed by atoms with Gasteiger partial charge in [0.15, 0.2) is 5.78 Å². The Labute approximate surface area is 103 Å². The van der Waals surface area contributed by atoms with Gasteiger partial charge in [-0.3, -0.25) is 9.59 Å². The highest BCUT2D eigenvalue weighted by molar-refractivity contribution is 6.10. The predicted molar refractivity (Wildman–Crippen MR) is 63.6 cm³/mol. The summed E-state index contributed by atoms with van der Waals surface area (Å²) in [4.78, 5) is 22.9. The van der Waals surface area contributed by atoms with Crippen molar-refractivity contribution in [2.45, 2.75) is 13.3 Å². The van der Waals surface area contributed by atoms with Crippen molar-refractivity contribution in [3.8, 4) is 5.75 Å². The Morgan fingerprint density at radius 1 is 1.39 bits per heavy atom. The molecule has 0 aliphatic carbocycles. The number of methoxy groups -OCH3 is 1. The lowest BCUT2D eigenvalue weighted by Crippen LogP contribution is -2.09. The fourth-order valence-electron chi connectivity index (χ4n) is 1.79. The molecule has 1 aromatic carbocycles. The highest BCUT2D eigenvalue weighted by atomic mass is 16.5. The quantitative estimate of drug-likeness (QED) is 0.512. The van der Waals surface area contributed by atoms with Crippen LogP contribution in [0.25, 0.3) is 11.0 Å². The largest absolute Gasteiger partial charge is 0.506 e. The number of aryl methyl sites for hydroxylation is 1. The predicted octanol–water partition coefficient (Wildman–Crippen LogP) is 2.19. The van der Waals surface area contributed by atoms with Crippen LogP contribution < -0.4 is 0 Å². The number of ether oxygens (including phenoxy) is 1. The average Bonchev–Trinajstić information content (AvgIpc) is 2.72. The Morgan fingerprint density at radius 2 is 2.11 bits per heavy atom. The molecule has 0 spiro atoms. The number of rotatable bonds is 3. The zero-order valence-electron chi connectivity index (χ0n) is 10.0. The number of hydrogen-bond acceptors (Lipinski definition) is 5. The first-order chi connectivity index (χ1) is 8.54. The van der Waals surface area contributed by atoms with Crippen LogP contribution in [-0.4, -0.2) is 24.0 Å². The van der Waals surface area contributed by atoms with Gasteiger partial charge in [0.25, 0.3) is 0 Å². The van der Waals surface area contributed by atoms with Crippen molar-refractivity contribution in [3.63, 3.8) is 0 Å². The molecule has 0 unspecified atom stereocenters. The van der Waals surface area contributed by atoms with Gasteiger partial charge in [-0.05, 0) is 24.6 Å². The van der Waals surface area contributed by atoms with Crippen molar-refractivity contribution in [3.05, 3.63) is 29.5 Å². The van der Waals surface area contributed by atoms with Crippen LogP contribution in [0.15, 0.2) is 22.8 Å². The van der Waals surface area contributed by atoms with Crippen LogP contribution in [0.2, 0.25) is 0 Å². The van der Waals surface area contributed by atoms with Gasteiger partial charge in [-0.25, -0.2) is 0 Å². The maximum atomic E-state index is 11.8. The topological polar surface area (TPSA) is 76.7 Å². The van der Waals surface area contributed by atoms with E-state index >= 15 is 0 Å². The highest BCUT2D eigenvalue weighted by Gasteiger charge is 2.19. The molecule has 0 aliphatic heterocycles. The number of ketones is 1. The number of carbonyl (C=O) groups excluding carboxylic acids is 2. The maximum Gasteiger partial charge on any atom is 0.313 e. The van der Waals surface area contributed by atoms with E-state index in [0.717, 1.165) is 5.56 Å². The van der Waals surface area contributed by atoms with Crippen LogP contribution in [0, 0.1) is 6.92 Å². The number of fused-ring (bicyclic) bond motifs is 1. The van der Waals surface area contributed by atoms with Crippen LogP contribution in [0.1, 0.15) is 22.3 Å². The van der Waals surface area contributed by atoms with E-state index < -0.39 is 18.2 Å². The van der Waals surface area contributed by atoms with Crippen LogP contribution in [0.5, 0.6) is 5.75 Å². The molecule has 0 saturated heterocycles. The van der Waals surface area contributed by atoms with Gasteiger partial charge in [-0.2, -0.15) is 0 Å². The molecule has 1 aromatic heterocycles. The van der Waals surface area contributed by atoms with Gasteiger partial charge in [0, 0.05) is 0 Å². The first kappa shape index (κ1) is 12.2. The van der Waals surface area contributed by atoms with Gasteiger partial charge < -0.3 is 14.3 Å². The normalized spacial score (nSPS) is 10.6. The molecule has 18 heavy (non-hydrogen) atoms. The molecule has 2 aromatic rings. The van der Waals surface area contributed by atoms with E-state index in [1.165, 1.54) is 19.4 Å². The summed E-state index contributed by atoms with van der Waals surface area (Å²) in [6.45, 7) is 1.76. The van der Waals surface area contributed by atoms with Crippen molar-refractivity contribution in [2.75, 3.05) is 7.11 Å². The van der Waals surface area contributed by atoms with E-state index in [0.29, 0.717) is 11.0 Å². The summed E-state index contributed by atoms with van der Waals surface area (Å²) in [7, 11) is 1.21. The number of phenols is 1. The Kier molecular flexibility index (Phi) is 3.06. The molecule has 0 amide bonds. The van der Waals surface area contributed by atoms with Crippen LogP contribution in [-0.2, 0) is 9.53 Å². The molecule has 0 saturated carbocycles. The number of esters is 1. The molecule has 0 atom stereocenters. The number of hydrogen-bond donors (Lipinski definition) is 1. The maximum absolute atomic E-state index is 11.8. The van der Waals surface area contributed by atoms with Gasteiger partial charge in [0.2, 0.25) is 0 Å². The third-order valence-corrected chi connectivity index (χ3v) is 2.73. The molecule has 5 nitrogen and oxygen atoms in total. The molecular weight excluding hydrogens is 236 g/mol. The number of benzene rings is 1. The Hall–Kier alpha value is -2.30. The fourth-order valence-corrected chi connectivity index (χ4v) is 1.79. The van der Waals surface area contributed by atoms with Crippen molar-refractivity contribution < 1.29 is 23.8 Å². The van der Waals surface area contributed by atoms with Crippen LogP contribution in [0.3, 0.4) is 0 Å². The lowest BCUT2D eigenvalue weighted by atomic mass is 10.0. The lowest BCUT2D eigenvalue weighted by molar-refractivity contribution is -0.139. The zero-order valence-corrected chi connectivity index (χ0v) is 10.0. The van der Waals surface area contributed by atoms with E-state index in [9.17, 15) is 14.7 Å². The van der Waals surface area contributed by atoms with E-state index in [1.807, 2.05) is 0 Å². The van der Waals surface area contributed by atoms with Gasteiger partial charge in [-0.15, -0.1) is 0 Å². The fraction of sp³-hybridized carbons (Fsp3) is 0.231. The summed E-state index contributed by atoms with van der Waals surface area (Å²) in [6.07, 6.45) is 1.10. The third-order valence-electron chi connectivity index (χ3n) is 2.73. The van der Waals surface area contributed by atoms with E-state index in [4.69, 9.17) is 4.42 Å². The second-order valence-electron chi connectivity index (χ2n) is 3.93. The highest BCUT2D eigenvalue weighted by Crippen LogP contribution is 2.33. The van der Waals surface area contributed by atoms with E-state index in [2.05, 4.69) is 4.74 Å². The Balaban J connectivity index is 2.45. The van der Waals surface area contributed by atoms with Gasteiger partial charge in [-0.1, -0.05) is 0 Å². The van der Waals surface area contributed by atoms with Crippen molar-refractivity contribution in [1.29, 1.82) is 0 Å². The number of Topliss-reactive ketones (excluding diaryl/α,β-unsaturated/α-hetero) is 1. The molecule has 94 valence electrons. The van der Waals surface area contributed by atoms with Gasteiger partial charge in [0.1, 0.15) is 17.8 Å². The second-order valence-corrected chi connectivity index (χ2v) is 3.93. The number of furan rings is 1. The molecular formula is C13H12O5. The molecule has 1 heterocycles. The minimum atomic E-state index is -0.636. The molecule has 1 N–H and O–H groups in total. The molecule has 0 bridgehead atoms. The van der Waals surface area contributed by atoms with Crippen molar-refractivity contribution in [1.82, 2.24) is 0 Å². The molecule has 0 aliphatic rings. The average molecular weight is 248 g/mol. The van der Waals surface area contributed by atoms with Crippen molar-refractivity contribution in [2.24, 2.45) is 0 Å². The van der Waals surface area contributed by atoms with Crippen LogP contribution >= 0.6 is 0 Å². The monoisotopic (exact) mass is 248 g/mol. The number of phenolic OH excluding ortho intramolecular Hbond substituents is 1. The summed E-state index contributed by atoms with van der Waals surface area (Å²) in [5, 5.41) is 10.5. The number of carbonyl (C=O) groups is 2. The summed E-state index contributed by atoms with van der Waals surface area (Å²) < 4.78 is 9.62.